The van der Waals surface area contributed by atoms with E-state index in [1.54, 1.807) is 17.8 Å². The summed E-state index contributed by atoms with van der Waals surface area (Å²) in [4.78, 5) is 0. The molecule has 0 saturated heterocycles. The maximum atomic E-state index is 13.1. The van der Waals surface area contributed by atoms with Crippen LogP contribution < -0.4 is 5.73 Å². The van der Waals surface area contributed by atoms with Gasteiger partial charge in [0.25, 0.3) is 0 Å². The maximum absolute atomic E-state index is 13.1. The zero-order valence-electron chi connectivity index (χ0n) is 10.4. The lowest BCUT2D eigenvalue weighted by Crippen LogP contribution is -2.13. The maximum Gasteiger partial charge on any atom is 0.123 e. The SMILES string of the molecule is NC(CSCc1ccc(Cl)cc1)c1cccc(F)c1. The molecule has 2 N–H and O–H groups in total. The van der Waals surface area contributed by atoms with Crippen LogP contribution in [-0.4, -0.2) is 5.75 Å². The molecule has 0 aliphatic carbocycles. The Morgan fingerprint density at radius 3 is 2.58 bits per heavy atom. The number of thioether (sulfide) groups is 1. The van der Waals surface area contributed by atoms with Crippen LogP contribution in [0.15, 0.2) is 48.5 Å². The van der Waals surface area contributed by atoms with E-state index in [0.717, 1.165) is 22.1 Å². The Morgan fingerprint density at radius 2 is 1.89 bits per heavy atom. The Kier molecular flexibility index (Phi) is 5.25. The zero-order valence-corrected chi connectivity index (χ0v) is 11.9. The van der Waals surface area contributed by atoms with Crippen LogP contribution in [0.25, 0.3) is 0 Å². The highest BCUT2D eigenvalue weighted by Gasteiger charge is 2.07. The second-order valence-electron chi connectivity index (χ2n) is 4.30. The molecule has 4 heteroatoms. The van der Waals surface area contributed by atoms with Crippen molar-refractivity contribution in [1.29, 1.82) is 0 Å². The second kappa shape index (κ2) is 6.94. The Balaban J connectivity index is 1.84. The van der Waals surface area contributed by atoms with E-state index in [2.05, 4.69) is 0 Å². The van der Waals surface area contributed by atoms with Gasteiger partial charge in [-0.25, -0.2) is 4.39 Å². The van der Waals surface area contributed by atoms with Crippen LogP contribution in [0.3, 0.4) is 0 Å². The summed E-state index contributed by atoms with van der Waals surface area (Å²) in [6.45, 7) is 0. The average molecular weight is 296 g/mol. The molecule has 0 amide bonds. The van der Waals surface area contributed by atoms with Crippen molar-refractivity contribution < 1.29 is 4.39 Å². The van der Waals surface area contributed by atoms with Crippen LogP contribution in [0.2, 0.25) is 5.02 Å². The van der Waals surface area contributed by atoms with Crippen molar-refractivity contribution in [2.24, 2.45) is 5.73 Å². The third-order valence-electron chi connectivity index (χ3n) is 2.76. The van der Waals surface area contributed by atoms with Crippen molar-refractivity contribution in [2.45, 2.75) is 11.8 Å². The minimum atomic E-state index is -0.240. The standard InChI is InChI=1S/C15H15ClFNS/c16-13-6-4-11(5-7-13)9-19-10-15(18)12-2-1-3-14(17)8-12/h1-8,15H,9-10,18H2. The van der Waals surface area contributed by atoms with Gasteiger partial charge in [0, 0.05) is 22.6 Å². The summed E-state index contributed by atoms with van der Waals surface area (Å²) in [6, 6.07) is 14.1. The molecule has 1 atom stereocenters. The topological polar surface area (TPSA) is 26.0 Å². The lowest BCUT2D eigenvalue weighted by Gasteiger charge is -2.11. The van der Waals surface area contributed by atoms with Gasteiger partial charge in [0.1, 0.15) is 5.82 Å². The molecule has 0 spiro atoms. The summed E-state index contributed by atoms with van der Waals surface area (Å²) < 4.78 is 13.1. The smallest absolute Gasteiger partial charge is 0.123 e. The van der Waals surface area contributed by atoms with E-state index in [1.165, 1.54) is 17.7 Å². The van der Waals surface area contributed by atoms with Crippen LogP contribution in [0, 0.1) is 5.82 Å². The van der Waals surface area contributed by atoms with Gasteiger partial charge >= 0.3 is 0 Å². The first-order valence-corrected chi connectivity index (χ1v) is 7.51. The summed E-state index contributed by atoms with van der Waals surface area (Å²) in [6.07, 6.45) is 0. The van der Waals surface area contributed by atoms with E-state index < -0.39 is 0 Å². The third kappa shape index (κ3) is 4.53. The van der Waals surface area contributed by atoms with Gasteiger partial charge in [-0.1, -0.05) is 35.9 Å². The highest BCUT2D eigenvalue weighted by Crippen LogP contribution is 2.21. The van der Waals surface area contributed by atoms with Gasteiger partial charge in [0.15, 0.2) is 0 Å². The van der Waals surface area contributed by atoms with Crippen molar-refractivity contribution in [2.75, 3.05) is 5.75 Å². The molecule has 0 aliphatic heterocycles. The molecule has 1 unspecified atom stereocenters. The van der Waals surface area contributed by atoms with Crippen molar-refractivity contribution in [3.63, 3.8) is 0 Å². The van der Waals surface area contributed by atoms with Crippen LogP contribution in [0.4, 0.5) is 4.39 Å². The Bertz CT molecular complexity index is 530. The highest BCUT2D eigenvalue weighted by atomic mass is 35.5. The minimum Gasteiger partial charge on any atom is -0.323 e. The first kappa shape index (κ1) is 14.4. The molecule has 0 radical (unpaired) electrons. The fraction of sp³-hybridized carbons (Fsp3) is 0.200. The monoisotopic (exact) mass is 295 g/mol. The number of halogens is 2. The summed E-state index contributed by atoms with van der Waals surface area (Å²) in [5.41, 5.74) is 8.09. The molecule has 0 fully saturated rings. The Labute approximate surface area is 122 Å². The molecule has 1 nitrogen and oxygen atoms in total. The largest absolute Gasteiger partial charge is 0.323 e. The molecule has 100 valence electrons. The van der Waals surface area contributed by atoms with Gasteiger partial charge in [-0.2, -0.15) is 11.8 Å². The van der Waals surface area contributed by atoms with E-state index >= 15 is 0 Å². The van der Waals surface area contributed by atoms with E-state index in [0.29, 0.717) is 0 Å². The van der Waals surface area contributed by atoms with Crippen LogP contribution in [0.5, 0.6) is 0 Å². The van der Waals surface area contributed by atoms with Gasteiger partial charge in [-0.3, -0.25) is 0 Å². The molecular weight excluding hydrogens is 281 g/mol. The molecule has 19 heavy (non-hydrogen) atoms. The van der Waals surface area contributed by atoms with Gasteiger partial charge in [-0.15, -0.1) is 0 Å². The van der Waals surface area contributed by atoms with Crippen molar-refractivity contribution in [3.8, 4) is 0 Å². The Hall–Kier alpha value is -1.03. The molecule has 0 bridgehead atoms. The summed E-state index contributed by atoms with van der Waals surface area (Å²) in [5.74, 6) is 1.39. The number of benzene rings is 2. The van der Waals surface area contributed by atoms with E-state index in [9.17, 15) is 4.39 Å². The highest BCUT2D eigenvalue weighted by molar-refractivity contribution is 7.98. The molecule has 2 rings (SSSR count). The van der Waals surface area contributed by atoms with Gasteiger partial charge in [0.2, 0.25) is 0 Å². The normalized spacial score (nSPS) is 12.4. The quantitative estimate of drug-likeness (QED) is 0.884. The minimum absolute atomic E-state index is 0.145. The molecule has 2 aromatic rings. The number of nitrogens with two attached hydrogens (primary N) is 1. The van der Waals surface area contributed by atoms with Crippen molar-refractivity contribution in [3.05, 3.63) is 70.5 Å². The lowest BCUT2D eigenvalue weighted by molar-refractivity contribution is 0.622. The fourth-order valence-corrected chi connectivity index (χ4v) is 2.84. The summed E-state index contributed by atoms with van der Waals surface area (Å²) in [7, 11) is 0. The van der Waals surface area contributed by atoms with Crippen molar-refractivity contribution >= 4 is 23.4 Å². The first-order valence-electron chi connectivity index (χ1n) is 5.98. The fourth-order valence-electron chi connectivity index (χ4n) is 1.72. The number of hydrogen-bond donors (Lipinski definition) is 1. The molecule has 2 aromatic carbocycles. The first-order chi connectivity index (χ1) is 9.15. The van der Waals surface area contributed by atoms with E-state index in [4.69, 9.17) is 17.3 Å². The molecule has 0 heterocycles. The van der Waals surface area contributed by atoms with E-state index in [1.807, 2.05) is 30.3 Å². The van der Waals surface area contributed by atoms with Gasteiger partial charge in [-0.05, 0) is 35.4 Å². The number of hydrogen-bond acceptors (Lipinski definition) is 2. The summed E-state index contributed by atoms with van der Waals surface area (Å²) in [5, 5.41) is 0.741. The molecule has 0 saturated carbocycles. The van der Waals surface area contributed by atoms with Gasteiger partial charge < -0.3 is 5.73 Å². The number of rotatable bonds is 5. The lowest BCUT2D eigenvalue weighted by atomic mass is 10.1. The van der Waals surface area contributed by atoms with Crippen LogP contribution in [-0.2, 0) is 5.75 Å². The average Bonchev–Trinajstić information content (AvgIpc) is 2.41. The van der Waals surface area contributed by atoms with Gasteiger partial charge in [0.05, 0.1) is 0 Å². The predicted molar refractivity (Wildman–Crippen MR) is 80.9 cm³/mol. The van der Waals surface area contributed by atoms with Crippen LogP contribution >= 0.6 is 23.4 Å². The second-order valence-corrected chi connectivity index (χ2v) is 5.77. The molecule has 0 aliphatic rings. The third-order valence-corrected chi connectivity index (χ3v) is 4.14. The Morgan fingerprint density at radius 1 is 1.16 bits per heavy atom. The van der Waals surface area contributed by atoms with Crippen molar-refractivity contribution in [1.82, 2.24) is 0 Å². The summed E-state index contributed by atoms with van der Waals surface area (Å²) >= 11 is 7.56. The van der Waals surface area contributed by atoms with E-state index in [-0.39, 0.29) is 11.9 Å². The molecular formula is C15H15ClFNS. The molecule has 0 aromatic heterocycles. The van der Waals surface area contributed by atoms with Crippen LogP contribution in [0.1, 0.15) is 17.2 Å². The zero-order chi connectivity index (χ0) is 13.7. The predicted octanol–water partition coefficient (Wildman–Crippen LogP) is 4.41.